The predicted octanol–water partition coefficient (Wildman–Crippen LogP) is 2.20. The number of carboxylic acid groups (broad SMARTS) is 1. The van der Waals surface area contributed by atoms with Crippen LogP contribution in [0.3, 0.4) is 0 Å². The molecule has 1 aliphatic carbocycles. The molecule has 1 aromatic heterocycles. The lowest BCUT2D eigenvalue weighted by Crippen LogP contribution is -2.42. The molecule has 0 radical (unpaired) electrons. The van der Waals surface area contributed by atoms with Crippen molar-refractivity contribution in [3.63, 3.8) is 0 Å². The van der Waals surface area contributed by atoms with Gasteiger partial charge in [0.25, 0.3) is 5.91 Å². The third-order valence-electron chi connectivity index (χ3n) is 3.27. The second kappa shape index (κ2) is 6.02. The molecule has 1 N–H and O–H groups in total. The Labute approximate surface area is 116 Å². The highest BCUT2D eigenvalue weighted by Gasteiger charge is 2.29. The smallest absolute Gasteiger partial charge is 0.323 e. The van der Waals surface area contributed by atoms with Crippen LogP contribution >= 0.6 is 11.6 Å². The van der Waals surface area contributed by atoms with Crippen LogP contribution in [0, 0.1) is 0 Å². The van der Waals surface area contributed by atoms with Crippen LogP contribution < -0.4 is 0 Å². The van der Waals surface area contributed by atoms with Crippen LogP contribution in [0.5, 0.6) is 0 Å². The highest BCUT2D eigenvalue weighted by atomic mass is 35.5. The number of amides is 1. The van der Waals surface area contributed by atoms with Crippen LogP contribution in [0.4, 0.5) is 0 Å². The van der Waals surface area contributed by atoms with Gasteiger partial charge >= 0.3 is 5.97 Å². The molecular weight excluding hydrogens is 268 g/mol. The molecule has 1 amide bonds. The van der Waals surface area contributed by atoms with E-state index in [2.05, 4.69) is 4.98 Å². The molecule has 6 heteroatoms. The van der Waals surface area contributed by atoms with Gasteiger partial charge in [-0.25, -0.2) is 4.98 Å². The SMILES string of the molecule is O=C(O)CN(C(=O)c1cccc(Cl)n1)C1CCCC1. The van der Waals surface area contributed by atoms with E-state index in [-0.39, 0.29) is 29.3 Å². The molecule has 1 heterocycles. The lowest BCUT2D eigenvalue weighted by molar-refractivity contribution is -0.138. The highest BCUT2D eigenvalue weighted by molar-refractivity contribution is 6.29. The third-order valence-corrected chi connectivity index (χ3v) is 3.48. The summed E-state index contributed by atoms with van der Waals surface area (Å²) < 4.78 is 0. The molecule has 1 saturated carbocycles. The fraction of sp³-hybridized carbons (Fsp3) is 0.462. The summed E-state index contributed by atoms with van der Waals surface area (Å²) >= 11 is 5.76. The van der Waals surface area contributed by atoms with Gasteiger partial charge in [0.05, 0.1) is 0 Å². The summed E-state index contributed by atoms with van der Waals surface area (Å²) in [5.41, 5.74) is 0.195. The fourth-order valence-corrected chi connectivity index (χ4v) is 2.57. The molecule has 102 valence electrons. The van der Waals surface area contributed by atoms with Gasteiger partial charge in [0.1, 0.15) is 17.4 Å². The minimum absolute atomic E-state index is 0.00983. The first-order valence-corrected chi connectivity index (χ1v) is 6.61. The largest absolute Gasteiger partial charge is 0.480 e. The second-order valence-corrected chi connectivity index (χ2v) is 5.00. The number of pyridine rings is 1. The predicted molar refractivity (Wildman–Crippen MR) is 70.2 cm³/mol. The third kappa shape index (κ3) is 3.44. The zero-order valence-electron chi connectivity index (χ0n) is 10.4. The van der Waals surface area contributed by atoms with E-state index in [1.54, 1.807) is 18.2 Å². The van der Waals surface area contributed by atoms with E-state index >= 15 is 0 Å². The quantitative estimate of drug-likeness (QED) is 0.860. The number of rotatable bonds is 4. The van der Waals surface area contributed by atoms with Crippen molar-refractivity contribution in [3.8, 4) is 0 Å². The number of carbonyl (C=O) groups excluding carboxylic acids is 1. The van der Waals surface area contributed by atoms with Gasteiger partial charge in [-0.3, -0.25) is 9.59 Å². The standard InChI is InChI=1S/C13H15ClN2O3/c14-11-7-3-6-10(15-11)13(19)16(8-12(17)18)9-4-1-2-5-9/h3,6-7,9H,1-2,4-5,8H2,(H,17,18). The van der Waals surface area contributed by atoms with Crippen molar-refractivity contribution in [2.75, 3.05) is 6.54 Å². The van der Waals surface area contributed by atoms with Crippen molar-refractivity contribution in [2.45, 2.75) is 31.7 Å². The van der Waals surface area contributed by atoms with Crippen molar-refractivity contribution in [2.24, 2.45) is 0 Å². The maximum absolute atomic E-state index is 12.4. The van der Waals surface area contributed by atoms with E-state index in [4.69, 9.17) is 16.7 Å². The van der Waals surface area contributed by atoms with Gasteiger partial charge in [-0.2, -0.15) is 0 Å². The van der Waals surface area contributed by atoms with Gasteiger partial charge in [0.15, 0.2) is 0 Å². The molecule has 1 aromatic rings. The number of halogens is 1. The summed E-state index contributed by atoms with van der Waals surface area (Å²) in [6.45, 7) is -0.294. The first-order chi connectivity index (χ1) is 9.08. The second-order valence-electron chi connectivity index (χ2n) is 4.61. The normalized spacial score (nSPS) is 15.4. The Bertz CT molecular complexity index is 487. The van der Waals surface area contributed by atoms with Gasteiger partial charge < -0.3 is 10.0 Å². The molecule has 1 fully saturated rings. The monoisotopic (exact) mass is 282 g/mol. The van der Waals surface area contributed by atoms with Crippen molar-refractivity contribution in [1.29, 1.82) is 0 Å². The van der Waals surface area contributed by atoms with Crippen LogP contribution in [-0.2, 0) is 4.79 Å². The van der Waals surface area contributed by atoms with E-state index in [9.17, 15) is 9.59 Å². The summed E-state index contributed by atoms with van der Waals surface area (Å²) in [5, 5.41) is 9.18. The van der Waals surface area contributed by atoms with Gasteiger partial charge in [0, 0.05) is 6.04 Å². The number of nitrogens with zero attached hydrogens (tertiary/aromatic N) is 2. The fourth-order valence-electron chi connectivity index (χ4n) is 2.40. The molecule has 0 aromatic carbocycles. The molecule has 5 nitrogen and oxygen atoms in total. The molecule has 19 heavy (non-hydrogen) atoms. The van der Waals surface area contributed by atoms with Gasteiger partial charge in [-0.15, -0.1) is 0 Å². The topological polar surface area (TPSA) is 70.5 Å². The van der Waals surface area contributed by atoms with Gasteiger partial charge in [-0.1, -0.05) is 30.5 Å². The van der Waals surface area contributed by atoms with Gasteiger partial charge in [-0.05, 0) is 25.0 Å². The zero-order valence-corrected chi connectivity index (χ0v) is 11.1. The van der Waals surface area contributed by atoms with E-state index in [0.29, 0.717) is 0 Å². The maximum atomic E-state index is 12.4. The Hall–Kier alpha value is -1.62. The molecule has 0 atom stereocenters. The van der Waals surface area contributed by atoms with Crippen molar-refractivity contribution >= 4 is 23.5 Å². The average molecular weight is 283 g/mol. The summed E-state index contributed by atoms with van der Waals surface area (Å²) in [6.07, 6.45) is 3.74. The first kappa shape index (κ1) is 13.8. The molecule has 0 unspecified atom stereocenters. The minimum atomic E-state index is -1.01. The highest BCUT2D eigenvalue weighted by Crippen LogP contribution is 2.24. The number of aromatic nitrogens is 1. The Morgan fingerprint density at radius 3 is 2.63 bits per heavy atom. The number of hydrogen-bond donors (Lipinski definition) is 1. The van der Waals surface area contributed by atoms with E-state index in [1.165, 1.54) is 4.90 Å². The minimum Gasteiger partial charge on any atom is -0.480 e. The summed E-state index contributed by atoms with van der Waals surface area (Å²) in [6, 6.07) is 4.76. The molecule has 0 aliphatic heterocycles. The number of hydrogen-bond acceptors (Lipinski definition) is 3. The van der Waals surface area contributed by atoms with Crippen LogP contribution in [0.1, 0.15) is 36.2 Å². The van der Waals surface area contributed by atoms with Crippen LogP contribution in [0.2, 0.25) is 5.15 Å². The molecule has 1 aliphatic rings. The Kier molecular flexibility index (Phi) is 4.37. The van der Waals surface area contributed by atoms with E-state index in [1.807, 2.05) is 0 Å². The maximum Gasteiger partial charge on any atom is 0.323 e. The van der Waals surface area contributed by atoms with E-state index < -0.39 is 5.97 Å². The lowest BCUT2D eigenvalue weighted by Gasteiger charge is -2.27. The van der Waals surface area contributed by atoms with Crippen LogP contribution in [0.25, 0.3) is 0 Å². The van der Waals surface area contributed by atoms with Crippen molar-refractivity contribution in [3.05, 3.63) is 29.0 Å². The summed E-state index contributed by atoms with van der Waals surface area (Å²) in [4.78, 5) is 28.6. The molecule has 0 saturated heterocycles. The first-order valence-electron chi connectivity index (χ1n) is 6.23. The number of aliphatic carboxylic acids is 1. The molecule has 2 rings (SSSR count). The van der Waals surface area contributed by atoms with Crippen LogP contribution in [-0.4, -0.2) is 39.5 Å². The van der Waals surface area contributed by atoms with Crippen LogP contribution in [0.15, 0.2) is 18.2 Å². The van der Waals surface area contributed by atoms with Crippen molar-refractivity contribution in [1.82, 2.24) is 9.88 Å². The molecule has 0 bridgehead atoms. The van der Waals surface area contributed by atoms with E-state index in [0.717, 1.165) is 25.7 Å². The van der Waals surface area contributed by atoms with Crippen molar-refractivity contribution < 1.29 is 14.7 Å². The Morgan fingerprint density at radius 2 is 2.05 bits per heavy atom. The Balaban J connectivity index is 2.21. The average Bonchev–Trinajstić information content (AvgIpc) is 2.88. The summed E-state index contributed by atoms with van der Waals surface area (Å²) in [5.74, 6) is -1.38. The summed E-state index contributed by atoms with van der Waals surface area (Å²) in [7, 11) is 0. The number of carboxylic acids is 1. The van der Waals surface area contributed by atoms with Gasteiger partial charge in [0.2, 0.25) is 0 Å². The molecular formula is C13H15ClN2O3. The zero-order chi connectivity index (χ0) is 13.8. The molecule has 0 spiro atoms. The lowest BCUT2D eigenvalue weighted by atomic mass is 10.2. The number of carbonyl (C=O) groups is 2. The Morgan fingerprint density at radius 1 is 1.37 bits per heavy atom.